The van der Waals surface area contributed by atoms with Crippen LogP contribution in [0.25, 0.3) is 0 Å². The van der Waals surface area contributed by atoms with Gasteiger partial charge in [-0.3, -0.25) is 9.69 Å². The van der Waals surface area contributed by atoms with Crippen molar-refractivity contribution in [3.05, 3.63) is 47.6 Å². The fraction of sp³-hybridized carbons (Fsp3) is 0.591. The minimum Gasteiger partial charge on any atom is -0.377 e. The average molecular weight is 399 g/mol. The summed E-state index contributed by atoms with van der Waals surface area (Å²) in [5, 5.41) is 3.95. The molecule has 156 valence electrons. The Balaban J connectivity index is 1.42. The first kappa shape index (κ1) is 20.0. The molecule has 2 aromatic rings. The van der Waals surface area contributed by atoms with Gasteiger partial charge in [0.2, 0.25) is 11.8 Å². The first-order valence-electron chi connectivity index (χ1n) is 10.5. The molecule has 0 unspecified atom stereocenters. The Morgan fingerprint density at radius 1 is 1.24 bits per heavy atom. The predicted molar refractivity (Wildman–Crippen MR) is 108 cm³/mol. The number of nitrogens with zero attached hydrogens (tertiary/aromatic N) is 4. The topological polar surface area (TPSA) is 71.7 Å². The van der Waals surface area contributed by atoms with Crippen LogP contribution < -0.4 is 0 Å². The van der Waals surface area contributed by atoms with Crippen LogP contribution in [0, 0.1) is 5.41 Å². The van der Waals surface area contributed by atoms with E-state index in [0.29, 0.717) is 24.9 Å². The van der Waals surface area contributed by atoms with Gasteiger partial charge in [0.1, 0.15) is 6.61 Å². The molecular formula is C22H30N4O3. The lowest BCUT2D eigenvalue weighted by Gasteiger charge is -2.49. The number of piperidine rings is 2. The van der Waals surface area contributed by atoms with Gasteiger partial charge in [-0.05, 0) is 50.3 Å². The van der Waals surface area contributed by atoms with Crippen molar-refractivity contribution in [1.29, 1.82) is 0 Å². The summed E-state index contributed by atoms with van der Waals surface area (Å²) in [6, 6.07) is 10.3. The standard InChI is InChI=1S/C22H30N4O3/c1-3-26-16-22(13-18(21(26)27)17-7-5-4-6-8-17)9-11-25(12-10-22)14-20-23-19(15-28-2)24-29-20/h4-8,18H,3,9-16H2,1-2H3/t18-/m1/s1. The number of hydrogen-bond acceptors (Lipinski definition) is 6. The Kier molecular flexibility index (Phi) is 5.96. The summed E-state index contributed by atoms with van der Waals surface area (Å²) in [6.45, 7) is 6.74. The number of benzene rings is 1. The SMILES string of the molecule is CCN1CC2(CCN(Cc3nc(COC)no3)CC2)C[C@H](c2ccccc2)C1=O. The number of likely N-dealkylation sites (N-methyl/N-ethyl adjacent to an activating group) is 1. The van der Waals surface area contributed by atoms with Gasteiger partial charge in [0.25, 0.3) is 0 Å². The van der Waals surface area contributed by atoms with Crippen molar-refractivity contribution < 1.29 is 14.1 Å². The van der Waals surface area contributed by atoms with Gasteiger partial charge in [-0.2, -0.15) is 4.98 Å². The molecule has 29 heavy (non-hydrogen) atoms. The predicted octanol–water partition coefficient (Wildman–Crippen LogP) is 2.83. The van der Waals surface area contributed by atoms with E-state index in [1.54, 1.807) is 7.11 Å². The van der Waals surface area contributed by atoms with Gasteiger partial charge in [0.05, 0.1) is 12.5 Å². The van der Waals surface area contributed by atoms with E-state index in [1.165, 1.54) is 0 Å². The lowest BCUT2D eigenvalue weighted by Crippen LogP contribution is -2.53. The van der Waals surface area contributed by atoms with Crippen LogP contribution in [0.2, 0.25) is 0 Å². The fourth-order valence-corrected chi connectivity index (χ4v) is 4.78. The van der Waals surface area contributed by atoms with E-state index in [1.807, 2.05) is 18.2 Å². The Bertz CT molecular complexity index is 814. The van der Waals surface area contributed by atoms with Crippen molar-refractivity contribution in [2.75, 3.05) is 33.3 Å². The minimum absolute atomic E-state index is 0.0241. The third kappa shape index (κ3) is 4.36. The largest absolute Gasteiger partial charge is 0.377 e. The highest BCUT2D eigenvalue weighted by Crippen LogP contribution is 2.45. The van der Waals surface area contributed by atoms with Crippen LogP contribution in [0.4, 0.5) is 0 Å². The van der Waals surface area contributed by atoms with E-state index in [2.05, 4.69) is 39.0 Å². The summed E-state index contributed by atoms with van der Waals surface area (Å²) >= 11 is 0. The number of rotatable bonds is 6. The molecule has 3 heterocycles. The van der Waals surface area contributed by atoms with Crippen LogP contribution in [0.5, 0.6) is 0 Å². The van der Waals surface area contributed by atoms with Gasteiger partial charge in [-0.15, -0.1) is 0 Å². The molecule has 2 saturated heterocycles. The van der Waals surface area contributed by atoms with Gasteiger partial charge in [-0.25, -0.2) is 0 Å². The van der Waals surface area contributed by atoms with Gasteiger partial charge < -0.3 is 14.2 Å². The average Bonchev–Trinajstić information content (AvgIpc) is 3.19. The second-order valence-corrected chi connectivity index (χ2v) is 8.33. The van der Waals surface area contributed by atoms with Gasteiger partial charge in [-0.1, -0.05) is 35.5 Å². The molecule has 1 aromatic heterocycles. The number of likely N-dealkylation sites (tertiary alicyclic amines) is 2. The third-order valence-corrected chi connectivity index (χ3v) is 6.42. The van der Waals surface area contributed by atoms with Crippen LogP contribution in [-0.2, 0) is 22.7 Å². The zero-order chi connectivity index (χ0) is 20.3. The molecule has 2 aliphatic heterocycles. The van der Waals surface area contributed by atoms with E-state index < -0.39 is 0 Å². The normalized spacial score (nSPS) is 22.3. The molecule has 0 N–H and O–H groups in total. The van der Waals surface area contributed by atoms with Crippen LogP contribution in [0.15, 0.2) is 34.9 Å². The minimum atomic E-state index is -0.0241. The van der Waals surface area contributed by atoms with Crippen LogP contribution in [0.3, 0.4) is 0 Å². The Hall–Kier alpha value is -2.25. The number of hydrogen-bond donors (Lipinski definition) is 0. The van der Waals surface area contributed by atoms with Gasteiger partial charge in [0, 0.05) is 20.2 Å². The monoisotopic (exact) mass is 398 g/mol. The molecule has 2 fully saturated rings. The molecule has 7 heteroatoms. The summed E-state index contributed by atoms with van der Waals surface area (Å²) in [5.74, 6) is 1.49. The summed E-state index contributed by atoms with van der Waals surface area (Å²) in [4.78, 5) is 21.8. The van der Waals surface area contributed by atoms with Crippen molar-refractivity contribution in [1.82, 2.24) is 19.9 Å². The number of aromatic nitrogens is 2. The number of ether oxygens (including phenoxy) is 1. The van der Waals surface area contributed by atoms with Crippen molar-refractivity contribution in [2.24, 2.45) is 5.41 Å². The first-order valence-corrected chi connectivity index (χ1v) is 10.5. The molecule has 0 bridgehead atoms. The summed E-state index contributed by atoms with van der Waals surface area (Å²) in [5.41, 5.74) is 1.34. The van der Waals surface area contributed by atoms with Crippen LogP contribution >= 0.6 is 0 Å². The third-order valence-electron chi connectivity index (χ3n) is 6.42. The fourth-order valence-electron chi connectivity index (χ4n) is 4.78. The molecule has 1 atom stereocenters. The molecule has 0 saturated carbocycles. The van der Waals surface area contributed by atoms with Gasteiger partial charge in [0.15, 0.2) is 5.82 Å². The summed E-state index contributed by atoms with van der Waals surface area (Å²) in [7, 11) is 1.62. The van der Waals surface area contributed by atoms with Crippen LogP contribution in [0.1, 0.15) is 49.4 Å². The maximum atomic E-state index is 13.0. The zero-order valence-electron chi connectivity index (χ0n) is 17.3. The molecule has 2 aliphatic rings. The number of methoxy groups -OCH3 is 1. The highest BCUT2D eigenvalue weighted by Gasteiger charge is 2.45. The molecule has 1 aromatic carbocycles. The first-order chi connectivity index (χ1) is 14.1. The smallest absolute Gasteiger partial charge is 0.240 e. The highest BCUT2D eigenvalue weighted by atomic mass is 16.5. The molecule has 1 amide bonds. The maximum absolute atomic E-state index is 13.0. The van der Waals surface area contributed by atoms with Crippen molar-refractivity contribution in [2.45, 2.75) is 45.3 Å². The number of carbonyl (C=O) groups excluding carboxylic acids is 1. The van der Waals surface area contributed by atoms with E-state index in [0.717, 1.165) is 51.0 Å². The lowest BCUT2D eigenvalue weighted by atomic mass is 9.67. The molecular weight excluding hydrogens is 368 g/mol. The zero-order valence-corrected chi connectivity index (χ0v) is 17.3. The Morgan fingerprint density at radius 3 is 2.69 bits per heavy atom. The lowest BCUT2D eigenvalue weighted by molar-refractivity contribution is -0.141. The molecule has 0 aliphatic carbocycles. The van der Waals surface area contributed by atoms with E-state index in [4.69, 9.17) is 9.26 Å². The summed E-state index contributed by atoms with van der Waals surface area (Å²) in [6.07, 6.45) is 3.11. The quantitative estimate of drug-likeness (QED) is 0.745. The van der Waals surface area contributed by atoms with Crippen molar-refractivity contribution >= 4 is 5.91 Å². The molecule has 1 spiro atoms. The second kappa shape index (κ2) is 8.63. The van der Waals surface area contributed by atoms with E-state index in [9.17, 15) is 4.79 Å². The van der Waals surface area contributed by atoms with Crippen LogP contribution in [-0.4, -0.2) is 59.1 Å². The molecule has 0 radical (unpaired) electrons. The van der Waals surface area contributed by atoms with E-state index in [-0.39, 0.29) is 17.2 Å². The maximum Gasteiger partial charge on any atom is 0.240 e. The van der Waals surface area contributed by atoms with Crippen molar-refractivity contribution in [3.8, 4) is 0 Å². The molecule has 4 rings (SSSR count). The number of carbonyl (C=O) groups is 1. The molecule has 7 nitrogen and oxygen atoms in total. The Morgan fingerprint density at radius 2 is 2.00 bits per heavy atom. The summed E-state index contributed by atoms with van der Waals surface area (Å²) < 4.78 is 10.4. The number of amides is 1. The van der Waals surface area contributed by atoms with Crippen molar-refractivity contribution in [3.63, 3.8) is 0 Å². The second-order valence-electron chi connectivity index (χ2n) is 8.33. The van der Waals surface area contributed by atoms with Gasteiger partial charge >= 0.3 is 0 Å². The van der Waals surface area contributed by atoms with E-state index >= 15 is 0 Å². The Labute approximate surface area is 172 Å². The highest BCUT2D eigenvalue weighted by molar-refractivity contribution is 5.84.